The van der Waals surface area contributed by atoms with E-state index in [-0.39, 0.29) is 23.8 Å². The molecule has 9 nitrogen and oxygen atoms in total. The van der Waals surface area contributed by atoms with Gasteiger partial charge in [0.2, 0.25) is 0 Å². The number of hydrogen-bond donors (Lipinski definition) is 0. The fraction of sp³-hybridized carbons (Fsp3) is 0.324. The van der Waals surface area contributed by atoms with Crippen molar-refractivity contribution in [2.75, 3.05) is 20.3 Å². The third kappa shape index (κ3) is 7.52. The molecule has 5 rings (SSSR count). The maximum atomic E-state index is 14.2. The van der Waals surface area contributed by atoms with Crippen molar-refractivity contribution in [1.82, 2.24) is 4.57 Å². The van der Waals surface area contributed by atoms with E-state index in [0.29, 0.717) is 61.3 Å². The molecule has 1 atom stereocenters. The molecule has 48 heavy (non-hydrogen) atoms. The number of allylic oxidation sites excluding steroid dienone is 1. The molecular weight excluding hydrogens is 696 g/mol. The summed E-state index contributed by atoms with van der Waals surface area (Å²) in [6.45, 7) is 12.3. The Morgan fingerprint density at radius 3 is 2.50 bits per heavy atom. The highest BCUT2D eigenvalue weighted by atomic mass is 79.9. The molecule has 1 aromatic heterocycles. The van der Waals surface area contributed by atoms with Crippen molar-refractivity contribution < 1.29 is 28.5 Å². The van der Waals surface area contributed by atoms with Gasteiger partial charge in [-0.3, -0.25) is 9.36 Å². The van der Waals surface area contributed by atoms with E-state index in [1.54, 1.807) is 43.7 Å². The highest BCUT2D eigenvalue weighted by Gasteiger charge is 2.34. The Balaban J connectivity index is 1.61. The second-order valence-electron chi connectivity index (χ2n) is 11.4. The summed E-state index contributed by atoms with van der Waals surface area (Å²) >= 11 is 4.91. The van der Waals surface area contributed by atoms with Gasteiger partial charge in [0, 0.05) is 0 Å². The summed E-state index contributed by atoms with van der Waals surface area (Å²) < 4.78 is 31.9. The summed E-state index contributed by atoms with van der Waals surface area (Å²) in [5.74, 6) is 1.63. The molecule has 0 saturated heterocycles. The Labute approximate surface area is 292 Å². The molecule has 252 valence electrons. The van der Waals surface area contributed by atoms with Gasteiger partial charge in [0.25, 0.3) is 5.56 Å². The van der Waals surface area contributed by atoms with E-state index < -0.39 is 12.0 Å². The summed E-state index contributed by atoms with van der Waals surface area (Å²) in [5, 5.41) is 0. The van der Waals surface area contributed by atoms with Gasteiger partial charge in [-0.2, -0.15) is 0 Å². The number of ether oxygens (including phenoxy) is 5. The van der Waals surface area contributed by atoms with Crippen LogP contribution in [0, 0.1) is 6.92 Å². The van der Waals surface area contributed by atoms with Gasteiger partial charge < -0.3 is 23.7 Å². The van der Waals surface area contributed by atoms with Crippen LogP contribution in [0.15, 0.2) is 80.1 Å². The van der Waals surface area contributed by atoms with Crippen molar-refractivity contribution in [3.8, 4) is 23.0 Å². The minimum Gasteiger partial charge on any atom is -0.493 e. The molecule has 0 bridgehead atoms. The number of halogens is 1. The molecule has 0 fully saturated rings. The first kappa shape index (κ1) is 35.0. The van der Waals surface area contributed by atoms with Crippen molar-refractivity contribution in [3.63, 3.8) is 0 Å². The average Bonchev–Trinajstić information content (AvgIpc) is 3.33. The van der Waals surface area contributed by atoms with E-state index in [1.165, 1.54) is 11.3 Å². The predicted molar refractivity (Wildman–Crippen MR) is 190 cm³/mol. The molecule has 1 aliphatic rings. The lowest BCUT2D eigenvalue weighted by molar-refractivity contribution is -0.139. The number of methoxy groups -OCH3 is 1. The number of carbonyl (C=O) groups is 1. The number of nitrogens with zero attached hydrogens (tertiary/aromatic N) is 2. The standard InChI is InChI=1S/C37H39BrN2O7S/c1-8-44-30-17-25(16-27(38)34(30)46-20-24-12-10-11-22(5)15-24)18-31-35(41)40-33(26-13-14-28(47-21(3)4)29(19-26)43-7)32(36(42)45-9-2)23(6)39-37(40)48-31/h10-19,21,33H,8-9,20H2,1-7H3/b31-18-/t33-/m1/s1. The van der Waals surface area contributed by atoms with Gasteiger partial charge in [0.1, 0.15) is 6.61 Å². The smallest absolute Gasteiger partial charge is 0.338 e. The second-order valence-corrected chi connectivity index (χ2v) is 13.3. The Kier molecular flexibility index (Phi) is 11.1. The number of esters is 1. The molecule has 0 unspecified atom stereocenters. The summed E-state index contributed by atoms with van der Waals surface area (Å²) in [7, 11) is 1.55. The lowest BCUT2D eigenvalue weighted by Crippen LogP contribution is -2.40. The summed E-state index contributed by atoms with van der Waals surface area (Å²) in [4.78, 5) is 32.8. The van der Waals surface area contributed by atoms with Crippen molar-refractivity contribution in [2.45, 2.75) is 60.3 Å². The van der Waals surface area contributed by atoms with Gasteiger partial charge in [-0.1, -0.05) is 47.2 Å². The van der Waals surface area contributed by atoms with Gasteiger partial charge >= 0.3 is 5.97 Å². The lowest BCUT2D eigenvalue weighted by Gasteiger charge is -2.25. The number of rotatable bonds is 12. The molecule has 0 aliphatic carbocycles. The van der Waals surface area contributed by atoms with Gasteiger partial charge in [0.15, 0.2) is 27.8 Å². The molecule has 0 spiro atoms. The fourth-order valence-electron chi connectivity index (χ4n) is 5.50. The minimum absolute atomic E-state index is 0.0725. The number of aryl methyl sites for hydroxylation is 1. The molecule has 1 aliphatic heterocycles. The molecule has 0 radical (unpaired) electrons. The second kappa shape index (κ2) is 15.3. The van der Waals surface area contributed by atoms with Crippen LogP contribution in [-0.4, -0.2) is 37.0 Å². The molecule has 4 aromatic rings. The van der Waals surface area contributed by atoms with Crippen molar-refractivity contribution in [3.05, 3.63) is 112 Å². The van der Waals surface area contributed by atoms with E-state index in [4.69, 9.17) is 28.7 Å². The topological polar surface area (TPSA) is 97.6 Å². The van der Waals surface area contributed by atoms with Gasteiger partial charge in [-0.15, -0.1) is 0 Å². The largest absolute Gasteiger partial charge is 0.493 e. The fourth-order valence-corrected chi connectivity index (χ4v) is 7.12. The van der Waals surface area contributed by atoms with Crippen LogP contribution in [0.3, 0.4) is 0 Å². The molecule has 0 amide bonds. The summed E-state index contributed by atoms with van der Waals surface area (Å²) in [6.07, 6.45) is 1.72. The predicted octanol–water partition coefficient (Wildman–Crippen LogP) is 6.64. The SMILES string of the molecule is CCOC(=O)C1=C(C)N=c2s/c(=C\c3cc(Br)c(OCc4cccc(C)c4)c(OCC)c3)c(=O)n2[C@@H]1c1ccc(OC(C)C)c(OC)c1. The average molecular weight is 736 g/mol. The van der Waals surface area contributed by atoms with Gasteiger partial charge in [0.05, 0.1) is 52.7 Å². The first-order valence-electron chi connectivity index (χ1n) is 15.7. The molecule has 2 heterocycles. The third-order valence-electron chi connectivity index (χ3n) is 7.48. The molecule has 3 aromatic carbocycles. The van der Waals surface area contributed by atoms with E-state index in [1.807, 2.05) is 64.1 Å². The maximum Gasteiger partial charge on any atom is 0.338 e. The number of hydrogen-bond acceptors (Lipinski definition) is 9. The van der Waals surface area contributed by atoms with Crippen LogP contribution < -0.4 is 33.8 Å². The van der Waals surface area contributed by atoms with Crippen LogP contribution in [0.2, 0.25) is 0 Å². The van der Waals surface area contributed by atoms with Crippen molar-refractivity contribution in [1.29, 1.82) is 0 Å². The van der Waals surface area contributed by atoms with Crippen LogP contribution in [0.4, 0.5) is 0 Å². The number of carbonyl (C=O) groups excluding carboxylic acids is 1. The number of benzene rings is 3. The van der Waals surface area contributed by atoms with Crippen LogP contribution in [0.1, 0.15) is 62.9 Å². The highest BCUT2D eigenvalue weighted by molar-refractivity contribution is 9.10. The monoisotopic (exact) mass is 734 g/mol. The molecule has 11 heteroatoms. The zero-order chi connectivity index (χ0) is 34.5. The Bertz CT molecular complexity index is 2050. The Morgan fingerprint density at radius 2 is 1.81 bits per heavy atom. The Morgan fingerprint density at radius 1 is 1.02 bits per heavy atom. The van der Waals surface area contributed by atoms with Crippen molar-refractivity contribution in [2.24, 2.45) is 4.99 Å². The van der Waals surface area contributed by atoms with E-state index in [9.17, 15) is 9.59 Å². The normalized spacial score (nSPS) is 14.4. The minimum atomic E-state index is -0.799. The van der Waals surface area contributed by atoms with Crippen LogP contribution in [-0.2, 0) is 16.1 Å². The van der Waals surface area contributed by atoms with Crippen LogP contribution in [0.25, 0.3) is 6.08 Å². The zero-order valence-electron chi connectivity index (χ0n) is 28.1. The van der Waals surface area contributed by atoms with E-state index in [2.05, 4.69) is 22.0 Å². The highest BCUT2D eigenvalue weighted by Crippen LogP contribution is 2.39. The lowest BCUT2D eigenvalue weighted by atomic mass is 9.95. The van der Waals surface area contributed by atoms with Crippen molar-refractivity contribution >= 4 is 39.3 Å². The molecular formula is C37H39BrN2O7S. The summed E-state index contributed by atoms with van der Waals surface area (Å²) in [6, 6.07) is 16.5. The molecule has 0 N–H and O–H groups in total. The van der Waals surface area contributed by atoms with Crippen LogP contribution in [0.5, 0.6) is 23.0 Å². The first-order chi connectivity index (χ1) is 23.0. The maximum absolute atomic E-state index is 14.2. The first-order valence-corrected chi connectivity index (χ1v) is 17.3. The third-order valence-corrected chi connectivity index (χ3v) is 9.05. The van der Waals surface area contributed by atoms with Gasteiger partial charge in [-0.25, -0.2) is 9.79 Å². The van der Waals surface area contributed by atoms with Gasteiger partial charge in [-0.05, 0) is 105 Å². The number of thiazole rings is 1. The van der Waals surface area contributed by atoms with Crippen LogP contribution >= 0.6 is 27.3 Å². The van der Waals surface area contributed by atoms with E-state index >= 15 is 0 Å². The number of fused-ring (bicyclic) bond motifs is 1. The molecule has 0 saturated carbocycles. The zero-order valence-corrected chi connectivity index (χ0v) is 30.5. The Hall–Kier alpha value is -4.35. The quantitative estimate of drug-likeness (QED) is 0.151. The number of aromatic nitrogens is 1. The van der Waals surface area contributed by atoms with E-state index in [0.717, 1.165) is 16.7 Å². The summed E-state index contributed by atoms with van der Waals surface area (Å²) in [5.41, 5.74) is 4.04.